The minimum Gasteiger partial charge on any atom is -0.496 e. The van der Waals surface area contributed by atoms with Crippen molar-refractivity contribution in [2.45, 2.75) is 30.6 Å². The fourth-order valence-corrected chi connectivity index (χ4v) is 4.53. The molecule has 4 rings (SSSR count). The average Bonchev–Trinajstić information content (AvgIpc) is 3.19. The Morgan fingerprint density at radius 1 is 1.12 bits per heavy atom. The first-order valence-electron chi connectivity index (χ1n) is 10.7. The van der Waals surface area contributed by atoms with E-state index in [9.17, 15) is 4.79 Å². The maximum Gasteiger partial charge on any atom is 0.230 e. The molecule has 1 saturated heterocycles. The van der Waals surface area contributed by atoms with Crippen molar-refractivity contribution in [1.29, 1.82) is 0 Å². The monoisotopic (exact) mass is 452 g/mol. The molecule has 1 fully saturated rings. The molecule has 2 heterocycles. The number of hydrogen-bond acceptors (Lipinski definition) is 7. The van der Waals surface area contributed by atoms with E-state index in [4.69, 9.17) is 10.6 Å². The fraction of sp³-hybridized carbons (Fsp3) is 0.348. The summed E-state index contributed by atoms with van der Waals surface area (Å²) in [5, 5.41) is 12.0. The Balaban J connectivity index is 1.25. The van der Waals surface area contributed by atoms with Crippen molar-refractivity contribution in [3.63, 3.8) is 0 Å². The van der Waals surface area contributed by atoms with Gasteiger partial charge < -0.3 is 15.9 Å². The highest BCUT2D eigenvalue weighted by Gasteiger charge is 2.22. The molecule has 32 heavy (non-hydrogen) atoms. The van der Waals surface area contributed by atoms with Crippen LogP contribution in [0.4, 0.5) is 0 Å². The second-order valence-electron chi connectivity index (χ2n) is 7.77. The van der Waals surface area contributed by atoms with Gasteiger partial charge in [0.05, 0.1) is 18.4 Å². The molecule has 3 N–H and O–H groups in total. The van der Waals surface area contributed by atoms with Crippen molar-refractivity contribution in [3.05, 3.63) is 60.2 Å². The number of nitrogen functional groups attached to an aromatic ring is 1. The van der Waals surface area contributed by atoms with Crippen LogP contribution in [0.1, 0.15) is 18.4 Å². The van der Waals surface area contributed by atoms with E-state index in [2.05, 4.69) is 44.7 Å². The minimum absolute atomic E-state index is 0.0154. The number of likely N-dealkylation sites (tertiary alicyclic amines) is 1. The zero-order valence-corrected chi connectivity index (χ0v) is 18.9. The molecule has 1 amide bonds. The van der Waals surface area contributed by atoms with Crippen LogP contribution in [-0.2, 0) is 11.3 Å². The van der Waals surface area contributed by atoms with Gasteiger partial charge in [-0.1, -0.05) is 54.2 Å². The molecule has 0 spiro atoms. The molecule has 9 heteroatoms. The number of para-hydroxylation sites is 1. The largest absolute Gasteiger partial charge is 0.496 e. The SMILES string of the molecule is COc1ccccc1-c1nnc(SCC(=O)NC2CCN(Cc3ccccc3)CC2)n1N. The van der Waals surface area contributed by atoms with Gasteiger partial charge in [-0.2, -0.15) is 0 Å². The van der Waals surface area contributed by atoms with Crippen molar-refractivity contribution < 1.29 is 9.53 Å². The van der Waals surface area contributed by atoms with E-state index in [1.54, 1.807) is 7.11 Å². The first kappa shape index (κ1) is 22.2. The van der Waals surface area contributed by atoms with Crippen molar-refractivity contribution in [3.8, 4) is 17.1 Å². The van der Waals surface area contributed by atoms with Crippen molar-refractivity contribution in [2.24, 2.45) is 0 Å². The normalized spacial score (nSPS) is 14.9. The molecule has 2 aromatic carbocycles. The lowest BCUT2D eigenvalue weighted by atomic mass is 10.0. The van der Waals surface area contributed by atoms with E-state index >= 15 is 0 Å². The third-order valence-corrected chi connectivity index (χ3v) is 6.49. The number of methoxy groups -OCH3 is 1. The zero-order valence-electron chi connectivity index (χ0n) is 18.1. The topological polar surface area (TPSA) is 98.3 Å². The summed E-state index contributed by atoms with van der Waals surface area (Å²) in [6.45, 7) is 2.91. The highest BCUT2D eigenvalue weighted by atomic mass is 32.2. The summed E-state index contributed by atoms with van der Waals surface area (Å²) in [5.74, 6) is 7.57. The predicted octanol–water partition coefficient (Wildman–Crippen LogP) is 2.54. The lowest BCUT2D eigenvalue weighted by molar-refractivity contribution is -0.119. The van der Waals surface area contributed by atoms with Crippen LogP contribution >= 0.6 is 11.8 Å². The van der Waals surface area contributed by atoms with E-state index in [0.717, 1.165) is 38.0 Å². The van der Waals surface area contributed by atoms with E-state index in [1.165, 1.54) is 22.0 Å². The number of rotatable bonds is 8. The average molecular weight is 453 g/mol. The molecule has 1 aliphatic rings. The maximum absolute atomic E-state index is 12.5. The second-order valence-corrected chi connectivity index (χ2v) is 8.71. The van der Waals surface area contributed by atoms with Crippen LogP contribution in [0.25, 0.3) is 11.4 Å². The number of ether oxygens (including phenoxy) is 1. The number of nitrogens with two attached hydrogens (primary N) is 1. The molecule has 0 radical (unpaired) electrons. The van der Waals surface area contributed by atoms with Gasteiger partial charge in [-0.05, 0) is 30.5 Å². The van der Waals surface area contributed by atoms with Crippen LogP contribution in [0.2, 0.25) is 0 Å². The number of piperidine rings is 1. The Kier molecular flexibility index (Phi) is 7.28. The Morgan fingerprint density at radius 3 is 2.59 bits per heavy atom. The standard InChI is InChI=1S/C23H28N6O2S/c1-31-20-10-6-5-9-19(20)22-26-27-23(29(22)24)32-16-21(30)25-18-11-13-28(14-12-18)15-17-7-3-2-4-8-17/h2-10,18H,11-16,24H2,1H3,(H,25,30). The Labute approximate surface area is 192 Å². The summed E-state index contributed by atoms with van der Waals surface area (Å²) in [6.07, 6.45) is 1.91. The first-order chi connectivity index (χ1) is 15.6. The van der Waals surface area contributed by atoms with Gasteiger partial charge in [-0.15, -0.1) is 10.2 Å². The zero-order chi connectivity index (χ0) is 22.3. The van der Waals surface area contributed by atoms with E-state index < -0.39 is 0 Å². The third kappa shape index (κ3) is 5.41. The molecular formula is C23H28N6O2S. The molecule has 168 valence electrons. The van der Waals surface area contributed by atoms with Gasteiger partial charge in [-0.3, -0.25) is 9.69 Å². The number of hydrogen-bond donors (Lipinski definition) is 2. The van der Waals surface area contributed by atoms with Crippen molar-refractivity contribution >= 4 is 17.7 Å². The molecule has 0 aliphatic carbocycles. The number of thioether (sulfide) groups is 1. The molecule has 0 atom stereocenters. The van der Waals surface area contributed by atoms with Gasteiger partial charge >= 0.3 is 0 Å². The quantitative estimate of drug-likeness (QED) is 0.400. The van der Waals surface area contributed by atoms with Crippen LogP contribution in [0.5, 0.6) is 5.75 Å². The molecule has 1 aliphatic heterocycles. The molecule has 3 aromatic rings. The lowest BCUT2D eigenvalue weighted by Gasteiger charge is -2.32. The highest BCUT2D eigenvalue weighted by molar-refractivity contribution is 7.99. The predicted molar refractivity (Wildman–Crippen MR) is 126 cm³/mol. The summed E-state index contributed by atoms with van der Waals surface area (Å²) in [5.41, 5.74) is 2.08. The number of nitrogens with one attached hydrogen (secondary N) is 1. The first-order valence-corrected chi connectivity index (χ1v) is 11.6. The van der Waals surface area contributed by atoms with Crippen LogP contribution in [0.15, 0.2) is 59.8 Å². The van der Waals surface area contributed by atoms with Gasteiger partial charge in [0, 0.05) is 25.7 Å². The van der Waals surface area contributed by atoms with E-state index in [-0.39, 0.29) is 17.7 Å². The summed E-state index contributed by atoms with van der Waals surface area (Å²) in [6, 6.07) is 18.2. The maximum atomic E-state index is 12.5. The van der Waals surface area contributed by atoms with E-state index in [0.29, 0.717) is 16.7 Å². The number of carbonyl (C=O) groups excluding carboxylic acids is 1. The Hall–Kier alpha value is -3.04. The van der Waals surface area contributed by atoms with Crippen molar-refractivity contribution in [1.82, 2.24) is 25.1 Å². The van der Waals surface area contributed by atoms with Crippen LogP contribution < -0.4 is 15.9 Å². The van der Waals surface area contributed by atoms with Crippen molar-refractivity contribution in [2.75, 3.05) is 31.8 Å². The number of amides is 1. The third-order valence-electron chi connectivity index (χ3n) is 5.55. The molecule has 0 bridgehead atoms. The molecular weight excluding hydrogens is 424 g/mol. The molecule has 8 nitrogen and oxygen atoms in total. The smallest absolute Gasteiger partial charge is 0.230 e. The Bertz CT molecular complexity index is 1030. The second kappa shape index (κ2) is 10.5. The summed E-state index contributed by atoms with van der Waals surface area (Å²) in [7, 11) is 1.60. The Morgan fingerprint density at radius 2 is 1.84 bits per heavy atom. The molecule has 0 unspecified atom stereocenters. The highest BCUT2D eigenvalue weighted by Crippen LogP contribution is 2.29. The number of aromatic nitrogens is 3. The lowest BCUT2D eigenvalue weighted by Crippen LogP contribution is -2.44. The van der Waals surface area contributed by atoms with Crippen LogP contribution in [0.3, 0.4) is 0 Å². The van der Waals surface area contributed by atoms with Gasteiger partial charge in [0.25, 0.3) is 0 Å². The number of benzene rings is 2. The van der Waals surface area contributed by atoms with Gasteiger partial charge in [-0.25, -0.2) is 4.68 Å². The summed E-state index contributed by atoms with van der Waals surface area (Å²) >= 11 is 1.28. The van der Waals surface area contributed by atoms with Gasteiger partial charge in [0.15, 0.2) is 5.82 Å². The summed E-state index contributed by atoms with van der Waals surface area (Å²) in [4.78, 5) is 14.9. The fourth-order valence-electron chi connectivity index (χ4n) is 3.86. The molecule has 0 saturated carbocycles. The number of carbonyl (C=O) groups is 1. The van der Waals surface area contributed by atoms with E-state index in [1.807, 2.05) is 30.3 Å². The van der Waals surface area contributed by atoms with Gasteiger partial charge in [0.1, 0.15) is 5.75 Å². The number of nitrogens with zero attached hydrogens (tertiary/aromatic N) is 4. The van der Waals surface area contributed by atoms with Crippen LogP contribution in [0, 0.1) is 0 Å². The molecule has 1 aromatic heterocycles. The van der Waals surface area contributed by atoms with Gasteiger partial charge in [0.2, 0.25) is 11.1 Å². The minimum atomic E-state index is -0.0154. The van der Waals surface area contributed by atoms with Crippen LogP contribution in [-0.4, -0.2) is 57.7 Å². The summed E-state index contributed by atoms with van der Waals surface area (Å²) < 4.78 is 6.78.